The molecule has 2 heterocycles. The maximum atomic E-state index is 5.02. The van der Waals surface area contributed by atoms with Crippen LogP contribution in [0.4, 0.5) is 0 Å². The van der Waals surface area contributed by atoms with Crippen molar-refractivity contribution in [3.05, 3.63) is 16.9 Å². The third-order valence-corrected chi connectivity index (χ3v) is 2.95. The first kappa shape index (κ1) is 10.6. The van der Waals surface area contributed by atoms with Crippen LogP contribution in [0.2, 0.25) is 0 Å². The Labute approximate surface area is 92.9 Å². The van der Waals surface area contributed by atoms with Crippen LogP contribution in [0.15, 0.2) is 6.20 Å². The average Bonchev–Trinajstić information content (AvgIpc) is 2.60. The number of methoxy groups -OCH3 is 1. The van der Waals surface area contributed by atoms with Crippen LogP contribution in [0.25, 0.3) is 4.96 Å². The summed E-state index contributed by atoms with van der Waals surface area (Å²) in [5, 5.41) is 5.62. The molecule has 82 valence electrons. The standard InChI is InChI=1S/C10H15N3OS/c1-7(2)4-9-12-13-5-8(6-14-3)11-10(13)15-9/h5,7H,4,6H2,1-3H3. The summed E-state index contributed by atoms with van der Waals surface area (Å²) in [5.41, 5.74) is 0.937. The molecule has 0 saturated carbocycles. The smallest absolute Gasteiger partial charge is 0.212 e. The molecule has 0 saturated heterocycles. The molecule has 0 spiro atoms. The molecule has 0 N–H and O–H groups in total. The zero-order valence-electron chi connectivity index (χ0n) is 9.23. The normalized spacial score (nSPS) is 11.7. The summed E-state index contributed by atoms with van der Waals surface area (Å²) in [5.74, 6) is 0.638. The number of nitrogens with zero attached hydrogens (tertiary/aromatic N) is 3. The van der Waals surface area contributed by atoms with Crippen molar-refractivity contribution in [2.45, 2.75) is 26.9 Å². The van der Waals surface area contributed by atoms with Gasteiger partial charge in [0, 0.05) is 13.5 Å². The SMILES string of the molecule is COCc1cn2nc(CC(C)C)sc2n1. The highest BCUT2D eigenvalue weighted by Gasteiger charge is 2.08. The van der Waals surface area contributed by atoms with E-state index in [1.165, 1.54) is 0 Å². The minimum atomic E-state index is 0.551. The lowest BCUT2D eigenvalue weighted by Crippen LogP contribution is -1.94. The Hall–Kier alpha value is -0.940. The molecule has 2 rings (SSSR count). The molecule has 0 atom stereocenters. The van der Waals surface area contributed by atoms with E-state index >= 15 is 0 Å². The Morgan fingerprint density at radius 2 is 2.33 bits per heavy atom. The monoisotopic (exact) mass is 225 g/mol. The maximum absolute atomic E-state index is 5.02. The molecule has 0 bridgehead atoms. The second-order valence-corrected chi connectivity index (χ2v) is 5.03. The number of aromatic nitrogens is 3. The molecule has 0 fully saturated rings. The molecule has 15 heavy (non-hydrogen) atoms. The van der Waals surface area contributed by atoms with Crippen molar-refractivity contribution < 1.29 is 4.74 Å². The second-order valence-electron chi connectivity index (χ2n) is 3.99. The largest absolute Gasteiger partial charge is 0.378 e. The summed E-state index contributed by atoms with van der Waals surface area (Å²) in [4.78, 5) is 5.38. The molecular weight excluding hydrogens is 210 g/mol. The first-order valence-corrected chi connectivity index (χ1v) is 5.83. The highest BCUT2D eigenvalue weighted by molar-refractivity contribution is 7.16. The molecule has 2 aromatic rings. The Kier molecular flexibility index (Phi) is 3.02. The molecule has 0 aromatic carbocycles. The highest BCUT2D eigenvalue weighted by Crippen LogP contribution is 2.17. The lowest BCUT2D eigenvalue weighted by Gasteiger charge is -1.97. The molecule has 0 amide bonds. The van der Waals surface area contributed by atoms with Gasteiger partial charge >= 0.3 is 0 Å². The molecule has 0 aliphatic heterocycles. The van der Waals surface area contributed by atoms with Gasteiger partial charge < -0.3 is 4.74 Å². The molecule has 0 aliphatic carbocycles. The van der Waals surface area contributed by atoms with E-state index in [9.17, 15) is 0 Å². The van der Waals surface area contributed by atoms with Crippen LogP contribution < -0.4 is 0 Å². The number of ether oxygens (including phenoxy) is 1. The van der Waals surface area contributed by atoms with Crippen LogP contribution >= 0.6 is 11.3 Å². The van der Waals surface area contributed by atoms with Gasteiger partial charge in [-0.05, 0) is 5.92 Å². The first-order chi connectivity index (χ1) is 7.19. The van der Waals surface area contributed by atoms with Gasteiger partial charge in [-0.25, -0.2) is 9.50 Å². The number of fused-ring (bicyclic) bond motifs is 1. The molecular formula is C10H15N3OS. The summed E-state index contributed by atoms with van der Waals surface area (Å²) in [7, 11) is 1.67. The van der Waals surface area contributed by atoms with Gasteiger partial charge in [-0.2, -0.15) is 5.10 Å². The van der Waals surface area contributed by atoms with Crippen LogP contribution in [0.1, 0.15) is 24.5 Å². The minimum absolute atomic E-state index is 0.551. The lowest BCUT2D eigenvalue weighted by atomic mass is 10.1. The molecule has 2 aromatic heterocycles. The van der Waals surface area contributed by atoms with E-state index in [1.807, 2.05) is 10.7 Å². The summed E-state index contributed by atoms with van der Waals surface area (Å²) in [6, 6.07) is 0. The van der Waals surface area contributed by atoms with E-state index < -0.39 is 0 Å². The van der Waals surface area contributed by atoms with E-state index in [4.69, 9.17) is 4.74 Å². The number of hydrogen-bond acceptors (Lipinski definition) is 4. The van der Waals surface area contributed by atoms with Gasteiger partial charge in [-0.3, -0.25) is 0 Å². The minimum Gasteiger partial charge on any atom is -0.378 e. The van der Waals surface area contributed by atoms with Crippen LogP contribution in [-0.2, 0) is 17.8 Å². The van der Waals surface area contributed by atoms with E-state index in [1.54, 1.807) is 18.4 Å². The van der Waals surface area contributed by atoms with Crippen molar-refractivity contribution in [1.82, 2.24) is 14.6 Å². The summed E-state index contributed by atoms with van der Waals surface area (Å²) in [6.07, 6.45) is 2.95. The Morgan fingerprint density at radius 1 is 1.53 bits per heavy atom. The van der Waals surface area contributed by atoms with Gasteiger partial charge in [0.2, 0.25) is 4.96 Å². The van der Waals surface area contributed by atoms with Gasteiger partial charge in [-0.1, -0.05) is 25.2 Å². The van der Waals surface area contributed by atoms with E-state index in [0.29, 0.717) is 12.5 Å². The van der Waals surface area contributed by atoms with Crippen LogP contribution in [-0.4, -0.2) is 21.7 Å². The molecule has 4 nitrogen and oxygen atoms in total. The quantitative estimate of drug-likeness (QED) is 0.800. The predicted octanol–water partition coefficient (Wildman–Crippen LogP) is 2.14. The van der Waals surface area contributed by atoms with Crippen molar-refractivity contribution >= 4 is 16.3 Å². The molecule has 0 aliphatic rings. The van der Waals surface area contributed by atoms with Gasteiger partial charge in [0.05, 0.1) is 18.5 Å². The van der Waals surface area contributed by atoms with Gasteiger partial charge in [0.15, 0.2) is 0 Å². The third-order valence-electron chi connectivity index (χ3n) is 2.01. The first-order valence-electron chi connectivity index (χ1n) is 5.02. The number of imidazole rings is 1. The second kappa shape index (κ2) is 4.28. The highest BCUT2D eigenvalue weighted by atomic mass is 32.1. The number of rotatable bonds is 4. The molecule has 0 radical (unpaired) electrons. The van der Waals surface area contributed by atoms with Crippen molar-refractivity contribution in [1.29, 1.82) is 0 Å². The van der Waals surface area contributed by atoms with Crippen molar-refractivity contribution in [3.8, 4) is 0 Å². The summed E-state index contributed by atoms with van der Waals surface area (Å²) in [6.45, 7) is 4.94. The zero-order valence-corrected chi connectivity index (χ0v) is 10.0. The van der Waals surface area contributed by atoms with Crippen molar-refractivity contribution in [2.24, 2.45) is 5.92 Å². The van der Waals surface area contributed by atoms with Crippen molar-refractivity contribution in [2.75, 3.05) is 7.11 Å². The fourth-order valence-electron chi connectivity index (χ4n) is 1.44. The predicted molar refractivity (Wildman–Crippen MR) is 60.1 cm³/mol. The van der Waals surface area contributed by atoms with E-state index in [0.717, 1.165) is 22.1 Å². The zero-order chi connectivity index (χ0) is 10.8. The van der Waals surface area contributed by atoms with Gasteiger partial charge in [0.25, 0.3) is 0 Å². The van der Waals surface area contributed by atoms with Crippen LogP contribution in [0.5, 0.6) is 0 Å². The van der Waals surface area contributed by atoms with Gasteiger partial charge in [0.1, 0.15) is 5.01 Å². The van der Waals surface area contributed by atoms with Crippen LogP contribution in [0, 0.1) is 5.92 Å². The molecule has 5 heteroatoms. The average molecular weight is 225 g/mol. The van der Waals surface area contributed by atoms with Crippen LogP contribution in [0.3, 0.4) is 0 Å². The number of hydrogen-bond donors (Lipinski definition) is 0. The Balaban J connectivity index is 2.22. The fourth-order valence-corrected chi connectivity index (χ4v) is 2.54. The van der Waals surface area contributed by atoms with Crippen molar-refractivity contribution in [3.63, 3.8) is 0 Å². The van der Waals surface area contributed by atoms with Gasteiger partial charge in [-0.15, -0.1) is 0 Å². The Morgan fingerprint density at radius 3 is 2.93 bits per heavy atom. The lowest BCUT2D eigenvalue weighted by molar-refractivity contribution is 0.182. The maximum Gasteiger partial charge on any atom is 0.212 e. The van der Waals surface area contributed by atoms with E-state index in [-0.39, 0.29) is 0 Å². The molecule has 0 unspecified atom stereocenters. The topological polar surface area (TPSA) is 39.4 Å². The summed E-state index contributed by atoms with van der Waals surface area (Å²) < 4.78 is 6.87. The Bertz CT molecular complexity index is 415. The van der Waals surface area contributed by atoms with E-state index in [2.05, 4.69) is 23.9 Å². The fraction of sp³-hybridized carbons (Fsp3) is 0.600. The summed E-state index contributed by atoms with van der Waals surface area (Å²) >= 11 is 1.66. The third kappa shape index (κ3) is 2.35.